The second-order valence-electron chi connectivity index (χ2n) is 3.58. The van der Waals surface area contributed by atoms with E-state index in [1.807, 2.05) is 0 Å². The average Bonchev–Trinajstić information content (AvgIpc) is 2.77. The summed E-state index contributed by atoms with van der Waals surface area (Å²) < 4.78 is 0. The molecule has 0 fully saturated rings. The number of likely N-dealkylation sites (N-methyl/N-ethyl adjacent to an activating group) is 1. The number of nitrogens with zero attached hydrogens (tertiary/aromatic N) is 3. The molecule has 0 bridgehead atoms. The number of aliphatic carboxylic acids is 1. The molecule has 17 heavy (non-hydrogen) atoms. The van der Waals surface area contributed by atoms with E-state index >= 15 is 0 Å². The van der Waals surface area contributed by atoms with Gasteiger partial charge in [0.05, 0.1) is 6.54 Å². The monoisotopic (exact) mass is 240 g/mol. The number of hydrogen-bond acceptors (Lipinski definition) is 3. The van der Waals surface area contributed by atoms with Crippen LogP contribution in [-0.2, 0) is 11.3 Å². The summed E-state index contributed by atoms with van der Waals surface area (Å²) in [5.74, 6) is -0.362. The van der Waals surface area contributed by atoms with Gasteiger partial charge in [0.1, 0.15) is 12.4 Å². The van der Waals surface area contributed by atoms with E-state index in [2.05, 4.69) is 9.97 Å². The Balaban J connectivity index is 2.57. The van der Waals surface area contributed by atoms with Gasteiger partial charge in [-0.05, 0) is 6.92 Å². The molecule has 0 unspecified atom stereocenters. The Morgan fingerprint density at radius 2 is 2.24 bits per heavy atom. The lowest BCUT2D eigenvalue weighted by atomic mass is 10.4. The fraction of sp³-hybridized carbons (Fsp3) is 0.500. The number of carbonyl (C=O) groups excluding carboxylic acids is 1. The number of carbonyl (C=O) groups is 2. The summed E-state index contributed by atoms with van der Waals surface area (Å²) in [6, 6.07) is -0.327. The molecule has 0 saturated carbocycles. The van der Waals surface area contributed by atoms with Crippen molar-refractivity contribution in [2.45, 2.75) is 13.5 Å². The number of urea groups is 1. The third kappa shape index (κ3) is 3.78. The van der Waals surface area contributed by atoms with Crippen molar-refractivity contribution in [3.8, 4) is 0 Å². The summed E-state index contributed by atoms with van der Waals surface area (Å²) in [5.41, 5.74) is 0. The first-order valence-electron chi connectivity index (χ1n) is 5.24. The van der Waals surface area contributed by atoms with E-state index in [0.717, 1.165) is 0 Å². The number of aromatic amines is 1. The number of hydrogen-bond donors (Lipinski definition) is 2. The van der Waals surface area contributed by atoms with Crippen LogP contribution in [0.25, 0.3) is 0 Å². The third-order valence-corrected chi connectivity index (χ3v) is 2.25. The van der Waals surface area contributed by atoms with Gasteiger partial charge in [0.2, 0.25) is 0 Å². The maximum atomic E-state index is 11.9. The van der Waals surface area contributed by atoms with Crippen LogP contribution in [0.2, 0.25) is 0 Å². The van der Waals surface area contributed by atoms with Crippen molar-refractivity contribution in [2.75, 3.05) is 20.1 Å². The lowest BCUT2D eigenvalue weighted by molar-refractivity contribution is -0.137. The van der Waals surface area contributed by atoms with E-state index in [4.69, 9.17) is 5.11 Å². The normalized spacial score (nSPS) is 10.0. The zero-order chi connectivity index (χ0) is 12.8. The van der Waals surface area contributed by atoms with Crippen LogP contribution in [0.5, 0.6) is 0 Å². The van der Waals surface area contributed by atoms with Gasteiger partial charge < -0.3 is 19.9 Å². The van der Waals surface area contributed by atoms with Crippen molar-refractivity contribution in [3.63, 3.8) is 0 Å². The van der Waals surface area contributed by atoms with Gasteiger partial charge in [-0.2, -0.15) is 0 Å². The van der Waals surface area contributed by atoms with Crippen LogP contribution in [0.15, 0.2) is 12.4 Å². The van der Waals surface area contributed by atoms with Crippen molar-refractivity contribution < 1.29 is 14.7 Å². The van der Waals surface area contributed by atoms with Gasteiger partial charge in [-0.1, -0.05) is 0 Å². The Hall–Kier alpha value is -2.05. The molecule has 0 aliphatic carbocycles. The van der Waals surface area contributed by atoms with Gasteiger partial charge in [-0.15, -0.1) is 0 Å². The number of carboxylic acids is 1. The quantitative estimate of drug-likeness (QED) is 0.778. The molecule has 0 aliphatic heterocycles. The molecule has 0 spiro atoms. The standard InChI is InChI=1S/C10H16N4O3/c1-3-14(7-9(15)16)10(17)13(2)6-8-11-4-5-12-8/h4-5H,3,6-7H2,1-2H3,(H,11,12)(H,15,16). The summed E-state index contributed by atoms with van der Waals surface area (Å²) in [4.78, 5) is 32.0. The van der Waals surface area contributed by atoms with Crippen molar-refractivity contribution in [1.82, 2.24) is 19.8 Å². The van der Waals surface area contributed by atoms with Crippen molar-refractivity contribution in [3.05, 3.63) is 18.2 Å². The van der Waals surface area contributed by atoms with E-state index in [1.165, 1.54) is 9.80 Å². The van der Waals surface area contributed by atoms with Gasteiger partial charge in [0.15, 0.2) is 0 Å². The first kappa shape index (κ1) is 13.0. The highest BCUT2D eigenvalue weighted by Gasteiger charge is 2.19. The summed E-state index contributed by atoms with van der Waals surface area (Å²) in [5, 5.41) is 8.67. The van der Waals surface area contributed by atoms with Gasteiger partial charge in [0, 0.05) is 26.0 Å². The Morgan fingerprint density at radius 3 is 2.71 bits per heavy atom. The first-order chi connectivity index (χ1) is 8.04. The second kappa shape index (κ2) is 5.88. The highest BCUT2D eigenvalue weighted by Crippen LogP contribution is 2.01. The zero-order valence-corrected chi connectivity index (χ0v) is 9.88. The van der Waals surface area contributed by atoms with Crippen LogP contribution in [0.1, 0.15) is 12.7 Å². The maximum absolute atomic E-state index is 11.9. The maximum Gasteiger partial charge on any atom is 0.323 e. The topological polar surface area (TPSA) is 89.5 Å². The number of amides is 2. The fourth-order valence-corrected chi connectivity index (χ4v) is 1.40. The highest BCUT2D eigenvalue weighted by atomic mass is 16.4. The Morgan fingerprint density at radius 1 is 1.53 bits per heavy atom. The molecule has 0 aliphatic rings. The fourth-order valence-electron chi connectivity index (χ4n) is 1.40. The number of nitrogens with one attached hydrogen (secondary N) is 1. The molecule has 94 valence electrons. The molecule has 7 heteroatoms. The summed E-state index contributed by atoms with van der Waals surface area (Å²) >= 11 is 0. The van der Waals surface area contributed by atoms with Crippen molar-refractivity contribution in [1.29, 1.82) is 0 Å². The minimum Gasteiger partial charge on any atom is -0.480 e. The van der Waals surface area contributed by atoms with E-state index in [0.29, 0.717) is 18.9 Å². The lowest BCUT2D eigenvalue weighted by Gasteiger charge is -2.25. The largest absolute Gasteiger partial charge is 0.480 e. The predicted octanol–water partition coefficient (Wildman–Crippen LogP) is 0.368. The predicted molar refractivity (Wildman–Crippen MR) is 60.3 cm³/mol. The number of imidazole rings is 1. The second-order valence-corrected chi connectivity index (χ2v) is 3.58. The van der Waals surface area contributed by atoms with E-state index in [1.54, 1.807) is 26.4 Å². The van der Waals surface area contributed by atoms with Gasteiger partial charge in [0.25, 0.3) is 0 Å². The zero-order valence-electron chi connectivity index (χ0n) is 9.88. The number of rotatable bonds is 5. The molecule has 1 heterocycles. The summed E-state index contributed by atoms with van der Waals surface area (Å²) in [6.45, 7) is 2.12. The van der Waals surface area contributed by atoms with E-state index in [-0.39, 0.29) is 12.6 Å². The molecule has 0 atom stereocenters. The molecule has 2 N–H and O–H groups in total. The average molecular weight is 240 g/mol. The van der Waals surface area contributed by atoms with Gasteiger partial charge >= 0.3 is 12.0 Å². The molecular formula is C10H16N4O3. The van der Waals surface area contributed by atoms with E-state index < -0.39 is 5.97 Å². The van der Waals surface area contributed by atoms with Crippen LogP contribution in [-0.4, -0.2) is 57.0 Å². The third-order valence-electron chi connectivity index (χ3n) is 2.25. The molecule has 0 aromatic carbocycles. The smallest absolute Gasteiger partial charge is 0.323 e. The first-order valence-corrected chi connectivity index (χ1v) is 5.24. The molecule has 7 nitrogen and oxygen atoms in total. The molecule has 1 aromatic rings. The minimum absolute atomic E-state index is 0.294. The van der Waals surface area contributed by atoms with Crippen LogP contribution in [0, 0.1) is 0 Å². The van der Waals surface area contributed by atoms with Crippen molar-refractivity contribution in [2.24, 2.45) is 0 Å². The van der Waals surface area contributed by atoms with Crippen LogP contribution < -0.4 is 0 Å². The van der Waals surface area contributed by atoms with Crippen LogP contribution in [0.4, 0.5) is 4.79 Å². The SMILES string of the molecule is CCN(CC(=O)O)C(=O)N(C)Cc1ncc[nH]1. The summed E-state index contributed by atoms with van der Waals surface area (Å²) in [7, 11) is 1.61. The number of aromatic nitrogens is 2. The van der Waals surface area contributed by atoms with Crippen molar-refractivity contribution >= 4 is 12.0 Å². The number of carboxylic acid groups (broad SMARTS) is 1. The molecule has 2 amide bonds. The minimum atomic E-state index is -1.02. The Kier molecular flexibility index (Phi) is 4.50. The molecule has 1 aromatic heterocycles. The molecule has 1 rings (SSSR count). The molecule has 0 radical (unpaired) electrons. The highest BCUT2D eigenvalue weighted by molar-refractivity contribution is 5.79. The van der Waals surface area contributed by atoms with Gasteiger partial charge in [-0.25, -0.2) is 9.78 Å². The molecular weight excluding hydrogens is 224 g/mol. The van der Waals surface area contributed by atoms with Crippen LogP contribution >= 0.6 is 0 Å². The van der Waals surface area contributed by atoms with E-state index in [9.17, 15) is 9.59 Å². The van der Waals surface area contributed by atoms with Gasteiger partial charge in [-0.3, -0.25) is 4.79 Å². The Bertz CT molecular complexity index is 377. The molecule has 0 saturated heterocycles. The summed E-state index contributed by atoms with van der Waals surface area (Å²) in [6.07, 6.45) is 3.27. The number of H-pyrrole nitrogens is 1. The van der Waals surface area contributed by atoms with Crippen LogP contribution in [0.3, 0.4) is 0 Å². The Labute approximate surface area is 99.1 Å². The lowest BCUT2D eigenvalue weighted by Crippen LogP contribution is -2.43.